The predicted octanol–water partition coefficient (Wildman–Crippen LogP) is 13.0. The SMILES string of the molecule is c1ccc(-c2nc(-c3ccc4c5ccccc5n(-c5cccc6c5c5ccccc5n6-c5ccccc5)c4c3)nc(-c3cccc4oc5ccccc5c34)n2)cc1. The number of hydrogen-bond acceptors (Lipinski definition) is 4. The number of hydrogen-bond donors (Lipinski definition) is 0. The van der Waals surface area contributed by atoms with E-state index in [4.69, 9.17) is 19.4 Å². The van der Waals surface area contributed by atoms with Crippen LogP contribution in [0.5, 0.6) is 0 Å². The van der Waals surface area contributed by atoms with E-state index >= 15 is 0 Å². The molecule has 0 fully saturated rings. The van der Waals surface area contributed by atoms with Gasteiger partial charge >= 0.3 is 0 Å². The summed E-state index contributed by atoms with van der Waals surface area (Å²) in [5, 5.41) is 6.75. The molecule has 0 bridgehead atoms. The van der Waals surface area contributed by atoms with Crippen LogP contribution in [0.2, 0.25) is 0 Å². The summed E-state index contributed by atoms with van der Waals surface area (Å²) in [6.45, 7) is 0. The van der Waals surface area contributed by atoms with Gasteiger partial charge in [0, 0.05) is 54.7 Å². The lowest BCUT2D eigenvalue weighted by atomic mass is 10.1. The maximum Gasteiger partial charge on any atom is 0.164 e. The van der Waals surface area contributed by atoms with Crippen molar-refractivity contribution in [2.24, 2.45) is 0 Å². The summed E-state index contributed by atoms with van der Waals surface area (Å²) in [6, 6.07) is 65.6. The fraction of sp³-hybridized carbons (Fsp3) is 0. The third-order valence-electron chi connectivity index (χ3n) is 11.2. The second kappa shape index (κ2) is 12.3. The van der Waals surface area contributed by atoms with Crippen molar-refractivity contribution in [3.8, 4) is 45.5 Å². The standard InChI is InChI=1S/C51H31N5O/c1-3-15-32(16-4-1)49-52-50(54-51(53-49)39-22-13-28-46-47(39)38-21-9-12-27-45(38)57-46)33-29-30-36-35-19-7-10-23-40(35)56(44(36)31-33)43-26-14-25-42-48(43)37-20-8-11-24-41(37)55(42)34-17-5-2-6-18-34/h1-31H. The highest BCUT2D eigenvalue weighted by Gasteiger charge is 2.22. The Labute approximate surface area is 326 Å². The van der Waals surface area contributed by atoms with E-state index in [9.17, 15) is 0 Å². The van der Waals surface area contributed by atoms with Crippen molar-refractivity contribution in [1.29, 1.82) is 0 Å². The molecule has 4 aromatic heterocycles. The monoisotopic (exact) mass is 729 g/mol. The molecular formula is C51H31N5O. The molecule has 57 heavy (non-hydrogen) atoms. The van der Waals surface area contributed by atoms with Crippen molar-refractivity contribution in [3.63, 3.8) is 0 Å². The topological polar surface area (TPSA) is 61.7 Å². The lowest BCUT2D eigenvalue weighted by Crippen LogP contribution is -2.01. The van der Waals surface area contributed by atoms with Crippen LogP contribution in [-0.4, -0.2) is 24.1 Å². The third-order valence-corrected chi connectivity index (χ3v) is 11.2. The second-order valence-electron chi connectivity index (χ2n) is 14.4. The largest absolute Gasteiger partial charge is 0.456 e. The van der Waals surface area contributed by atoms with E-state index in [1.807, 2.05) is 60.7 Å². The first-order valence-electron chi connectivity index (χ1n) is 19.1. The van der Waals surface area contributed by atoms with Gasteiger partial charge in [-0.3, -0.25) is 0 Å². The summed E-state index contributed by atoms with van der Waals surface area (Å²) < 4.78 is 11.1. The van der Waals surface area contributed by atoms with Crippen LogP contribution < -0.4 is 0 Å². The van der Waals surface area contributed by atoms with Gasteiger partial charge in [-0.1, -0.05) is 133 Å². The summed E-state index contributed by atoms with van der Waals surface area (Å²) >= 11 is 0. The molecule has 0 aliphatic carbocycles. The van der Waals surface area contributed by atoms with Crippen LogP contribution in [0.25, 0.3) is 111 Å². The predicted molar refractivity (Wildman–Crippen MR) is 232 cm³/mol. The molecule has 266 valence electrons. The summed E-state index contributed by atoms with van der Waals surface area (Å²) in [6.07, 6.45) is 0. The van der Waals surface area contributed by atoms with E-state index < -0.39 is 0 Å². The molecule has 0 amide bonds. The van der Waals surface area contributed by atoms with E-state index in [1.54, 1.807) is 0 Å². The summed E-state index contributed by atoms with van der Waals surface area (Å²) in [5.41, 5.74) is 11.1. The molecule has 0 aliphatic rings. The zero-order chi connectivity index (χ0) is 37.5. The van der Waals surface area contributed by atoms with Crippen LogP contribution in [0, 0.1) is 0 Å². The molecule has 0 saturated heterocycles. The molecule has 0 aliphatic heterocycles. The number of aromatic nitrogens is 5. The Morgan fingerprint density at radius 1 is 0.351 bits per heavy atom. The minimum absolute atomic E-state index is 0.593. The summed E-state index contributed by atoms with van der Waals surface area (Å²) in [7, 11) is 0. The number of furan rings is 1. The smallest absolute Gasteiger partial charge is 0.164 e. The van der Waals surface area contributed by atoms with Gasteiger partial charge < -0.3 is 13.6 Å². The quantitative estimate of drug-likeness (QED) is 0.177. The van der Waals surface area contributed by atoms with E-state index in [0.29, 0.717) is 17.5 Å². The highest BCUT2D eigenvalue weighted by atomic mass is 16.3. The van der Waals surface area contributed by atoms with Gasteiger partial charge in [0.05, 0.1) is 27.8 Å². The van der Waals surface area contributed by atoms with Crippen LogP contribution in [0.15, 0.2) is 192 Å². The molecular weight excluding hydrogens is 699 g/mol. The fourth-order valence-electron chi connectivity index (χ4n) is 8.71. The van der Waals surface area contributed by atoms with Gasteiger partial charge in [-0.2, -0.15) is 0 Å². The average Bonchev–Trinajstić information content (AvgIpc) is 3.94. The van der Waals surface area contributed by atoms with Gasteiger partial charge in [0.15, 0.2) is 17.5 Å². The van der Waals surface area contributed by atoms with Crippen molar-refractivity contribution in [1.82, 2.24) is 24.1 Å². The number of rotatable bonds is 5. The Hall–Kier alpha value is -7.83. The van der Waals surface area contributed by atoms with Crippen LogP contribution in [0.1, 0.15) is 0 Å². The molecule has 12 rings (SSSR count). The summed E-state index contributed by atoms with van der Waals surface area (Å²) in [4.78, 5) is 15.5. The lowest BCUT2D eigenvalue weighted by Gasteiger charge is -2.12. The molecule has 0 radical (unpaired) electrons. The molecule has 8 aromatic carbocycles. The van der Waals surface area contributed by atoms with Crippen LogP contribution in [-0.2, 0) is 0 Å². The molecule has 0 saturated carbocycles. The van der Waals surface area contributed by atoms with Crippen molar-refractivity contribution in [2.45, 2.75) is 0 Å². The normalized spacial score (nSPS) is 11.9. The number of benzene rings is 8. The van der Waals surface area contributed by atoms with Gasteiger partial charge in [-0.05, 0) is 54.6 Å². The van der Waals surface area contributed by atoms with E-state index in [-0.39, 0.29) is 0 Å². The Morgan fingerprint density at radius 3 is 1.77 bits per heavy atom. The van der Waals surface area contributed by atoms with Crippen molar-refractivity contribution in [3.05, 3.63) is 188 Å². The van der Waals surface area contributed by atoms with Gasteiger partial charge in [0.2, 0.25) is 0 Å². The molecule has 0 unspecified atom stereocenters. The lowest BCUT2D eigenvalue weighted by molar-refractivity contribution is 0.669. The maximum atomic E-state index is 6.28. The van der Waals surface area contributed by atoms with E-state index in [2.05, 4.69) is 137 Å². The van der Waals surface area contributed by atoms with Crippen LogP contribution in [0.4, 0.5) is 0 Å². The first-order valence-corrected chi connectivity index (χ1v) is 19.1. The first-order chi connectivity index (χ1) is 28.3. The molecule has 4 heterocycles. The third kappa shape index (κ3) is 4.81. The number of para-hydroxylation sites is 4. The van der Waals surface area contributed by atoms with Crippen molar-refractivity contribution >= 4 is 65.6 Å². The van der Waals surface area contributed by atoms with E-state index in [1.165, 1.54) is 21.7 Å². The maximum absolute atomic E-state index is 6.28. The minimum Gasteiger partial charge on any atom is -0.456 e. The molecule has 0 atom stereocenters. The molecule has 6 heteroatoms. The number of nitrogens with zero attached hydrogens (tertiary/aromatic N) is 5. The Morgan fingerprint density at radius 2 is 0.947 bits per heavy atom. The highest BCUT2D eigenvalue weighted by molar-refractivity contribution is 6.17. The zero-order valence-corrected chi connectivity index (χ0v) is 30.5. The molecule has 0 N–H and O–H groups in total. The fourth-order valence-corrected chi connectivity index (χ4v) is 8.71. The first kappa shape index (κ1) is 31.5. The Balaban J connectivity index is 1.13. The highest BCUT2D eigenvalue weighted by Crippen LogP contribution is 2.41. The number of fused-ring (bicyclic) bond motifs is 9. The van der Waals surface area contributed by atoms with Gasteiger partial charge in [0.1, 0.15) is 11.2 Å². The summed E-state index contributed by atoms with van der Waals surface area (Å²) in [5.74, 6) is 1.80. The van der Waals surface area contributed by atoms with Gasteiger partial charge in [0.25, 0.3) is 0 Å². The van der Waals surface area contributed by atoms with Gasteiger partial charge in [-0.15, -0.1) is 0 Å². The van der Waals surface area contributed by atoms with Gasteiger partial charge in [-0.25, -0.2) is 15.0 Å². The van der Waals surface area contributed by atoms with Crippen molar-refractivity contribution < 1.29 is 4.42 Å². The zero-order valence-electron chi connectivity index (χ0n) is 30.5. The molecule has 12 aromatic rings. The average molecular weight is 730 g/mol. The second-order valence-corrected chi connectivity index (χ2v) is 14.4. The molecule has 6 nitrogen and oxygen atoms in total. The Bertz CT molecular complexity index is 3520. The van der Waals surface area contributed by atoms with Crippen LogP contribution >= 0.6 is 0 Å². The van der Waals surface area contributed by atoms with Crippen molar-refractivity contribution in [2.75, 3.05) is 0 Å². The Kier molecular flexibility index (Phi) is 6.83. The molecule has 0 spiro atoms. The minimum atomic E-state index is 0.593. The van der Waals surface area contributed by atoms with E-state index in [0.717, 1.165) is 71.9 Å². The van der Waals surface area contributed by atoms with Crippen LogP contribution in [0.3, 0.4) is 0 Å².